The molecule has 128 valence electrons. The Labute approximate surface area is 143 Å². The average molecular weight is 340 g/mol. The van der Waals surface area contributed by atoms with E-state index in [2.05, 4.69) is 15.6 Å². The Balaban J connectivity index is 0.00000156. The predicted molar refractivity (Wildman–Crippen MR) is 89.7 cm³/mol. The Morgan fingerprint density at radius 1 is 1.22 bits per heavy atom. The lowest BCUT2D eigenvalue weighted by atomic mass is 10.1. The van der Waals surface area contributed by atoms with Gasteiger partial charge in [-0.1, -0.05) is 5.21 Å². The van der Waals surface area contributed by atoms with Crippen LogP contribution in [-0.2, 0) is 0 Å². The first kappa shape index (κ1) is 16.7. The number of halogens is 1. The van der Waals surface area contributed by atoms with Crippen LogP contribution in [0.1, 0.15) is 55.1 Å². The number of carbonyl (C=O) groups is 1. The van der Waals surface area contributed by atoms with E-state index in [9.17, 15) is 4.79 Å². The van der Waals surface area contributed by atoms with Crippen molar-refractivity contribution in [3.05, 3.63) is 11.9 Å². The van der Waals surface area contributed by atoms with Gasteiger partial charge in [-0.15, -0.1) is 17.5 Å². The number of amides is 1. The maximum Gasteiger partial charge on any atom is 0.276 e. The van der Waals surface area contributed by atoms with Gasteiger partial charge in [0.2, 0.25) is 0 Å². The summed E-state index contributed by atoms with van der Waals surface area (Å²) in [4.78, 5) is 14.7. The maximum atomic E-state index is 12.7. The molecule has 3 fully saturated rings. The fourth-order valence-electron chi connectivity index (χ4n) is 3.83. The summed E-state index contributed by atoms with van der Waals surface area (Å²) < 4.78 is 1.89. The van der Waals surface area contributed by atoms with Crippen LogP contribution in [0, 0.1) is 11.8 Å². The molecular weight excluding hydrogens is 314 g/mol. The fraction of sp³-hybridized carbons (Fsp3) is 0.812. The van der Waals surface area contributed by atoms with Crippen molar-refractivity contribution in [3.8, 4) is 0 Å². The lowest BCUT2D eigenvalue weighted by Gasteiger charge is -2.27. The van der Waals surface area contributed by atoms with Crippen LogP contribution in [0.5, 0.6) is 0 Å². The predicted octanol–water partition coefficient (Wildman–Crippen LogP) is 1.88. The van der Waals surface area contributed by atoms with Crippen LogP contribution < -0.4 is 5.32 Å². The summed E-state index contributed by atoms with van der Waals surface area (Å²) in [5, 5.41) is 11.7. The molecule has 1 aliphatic heterocycles. The maximum absolute atomic E-state index is 12.7. The molecule has 1 saturated heterocycles. The normalized spacial score (nSPS) is 22.0. The Morgan fingerprint density at radius 2 is 1.83 bits per heavy atom. The molecule has 6 nitrogen and oxygen atoms in total. The van der Waals surface area contributed by atoms with Crippen LogP contribution >= 0.6 is 12.4 Å². The smallest absolute Gasteiger partial charge is 0.276 e. The minimum Gasteiger partial charge on any atom is -0.337 e. The number of hydrogen-bond acceptors (Lipinski definition) is 4. The van der Waals surface area contributed by atoms with E-state index >= 15 is 0 Å². The van der Waals surface area contributed by atoms with E-state index in [4.69, 9.17) is 0 Å². The molecule has 1 aromatic rings. The van der Waals surface area contributed by atoms with Gasteiger partial charge in [0.25, 0.3) is 5.91 Å². The van der Waals surface area contributed by atoms with Crippen molar-refractivity contribution in [2.75, 3.05) is 20.1 Å². The summed E-state index contributed by atoms with van der Waals surface area (Å²) in [6, 6.07) is 0.805. The van der Waals surface area contributed by atoms with Gasteiger partial charge in [0.05, 0.1) is 12.2 Å². The monoisotopic (exact) mass is 339 g/mol. The summed E-state index contributed by atoms with van der Waals surface area (Å²) in [6.07, 6.45) is 9.08. The summed E-state index contributed by atoms with van der Waals surface area (Å²) in [5.74, 6) is 1.49. The highest BCUT2D eigenvalue weighted by Crippen LogP contribution is 2.47. The molecule has 0 radical (unpaired) electrons. The molecule has 0 bridgehead atoms. The molecule has 3 aliphatic rings. The second-order valence-corrected chi connectivity index (χ2v) is 7.15. The van der Waals surface area contributed by atoms with Crippen molar-refractivity contribution in [3.63, 3.8) is 0 Å². The van der Waals surface area contributed by atoms with E-state index in [0.29, 0.717) is 17.8 Å². The van der Waals surface area contributed by atoms with Crippen molar-refractivity contribution in [2.24, 2.45) is 11.8 Å². The molecule has 0 spiro atoms. The van der Waals surface area contributed by atoms with E-state index in [0.717, 1.165) is 37.8 Å². The van der Waals surface area contributed by atoms with Crippen LogP contribution in [0.15, 0.2) is 6.20 Å². The minimum atomic E-state index is 0. The number of aromatic nitrogens is 3. The van der Waals surface area contributed by atoms with E-state index in [1.807, 2.05) is 22.8 Å². The second kappa shape index (κ2) is 6.77. The largest absolute Gasteiger partial charge is 0.337 e. The first-order chi connectivity index (χ1) is 10.7. The number of nitrogens with one attached hydrogen (secondary N) is 1. The van der Waals surface area contributed by atoms with Gasteiger partial charge in [0, 0.05) is 13.1 Å². The summed E-state index contributed by atoms with van der Waals surface area (Å²) in [6.45, 7) is 2.03. The lowest BCUT2D eigenvalue weighted by Crippen LogP contribution is -2.40. The SMILES string of the molecule is CN(C(=O)c1cn(C2CCNCC2)nn1)C(C1CC1)C1CC1.Cl. The third-order valence-corrected chi connectivity index (χ3v) is 5.39. The topological polar surface area (TPSA) is 63.1 Å². The Kier molecular flexibility index (Phi) is 4.92. The van der Waals surface area contributed by atoms with Crippen LogP contribution in [0.3, 0.4) is 0 Å². The molecule has 1 amide bonds. The number of carbonyl (C=O) groups excluding carboxylic acids is 1. The zero-order valence-corrected chi connectivity index (χ0v) is 14.5. The van der Waals surface area contributed by atoms with Crippen LogP contribution in [0.25, 0.3) is 0 Å². The van der Waals surface area contributed by atoms with E-state index in [-0.39, 0.29) is 18.3 Å². The Bertz CT molecular complexity index is 536. The molecule has 2 saturated carbocycles. The summed E-state index contributed by atoms with van der Waals surface area (Å²) in [7, 11) is 1.95. The van der Waals surface area contributed by atoms with Gasteiger partial charge in [-0.25, -0.2) is 4.68 Å². The molecule has 1 aromatic heterocycles. The average Bonchev–Trinajstić information content (AvgIpc) is 3.49. The summed E-state index contributed by atoms with van der Waals surface area (Å²) >= 11 is 0. The fourth-order valence-corrected chi connectivity index (χ4v) is 3.83. The first-order valence-corrected chi connectivity index (χ1v) is 8.64. The van der Waals surface area contributed by atoms with Gasteiger partial charge < -0.3 is 10.2 Å². The molecule has 0 unspecified atom stereocenters. The highest BCUT2D eigenvalue weighted by molar-refractivity contribution is 5.92. The Hall–Kier alpha value is -1.14. The van der Waals surface area contributed by atoms with Crippen molar-refractivity contribution in [1.29, 1.82) is 0 Å². The number of hydrogen-bond donors (Lipinski definition) is 1. The lowest BCUT2D eigenvalue weighted by molar-refractivity contribution is 0.0684. The second-order valence-electron chi connectivity index (χ2n) is 7.15. The molecule has 23 heavy (non-hydrogen) atoms. The number of nitrogens with zero attached hydrogens (tertiary/aromatic N) is 4. The number of rotatable bonds is 5. The molecule has 2 aliphatic carbocycles. The zero-order chi connectivity index (χ0) is 15.1. The molecular formula is C16H26ClN5O. The van der Waals surface area contributed by atoms with E-state index in [1.165, 1.54) is 25.7 Å². The van der Waals surface area contributed by atoms with Gasteiger partial charge in [-0.05, 0) is 63.5 Å². The van der Waals surface area contributed by atoms with E-state index < -0.39 is 0 Å². The van der Waals surface area contributed by atoms with Crippen LogP contribution in [0.4, 0.5) is 0 Å². The standard InChI is InChI=1S/C16H25N5O.ClH/c1-20(15(11-2-3-11)12-4-5-12)16(22)14-10-21(19-18-14)13-6-8-17-9-7-13;/h10-13,15,17H,2-9H2,1H3;1H. The molecule has 2 heterocycles. The van der Waals surface area contributed by atoms with Gasteiger partial charge in [-0.2, -0.15) is 0 Å². The first-order valence-electron chi connectivity index (χ1n) is 8.64. The van der Waals surface area contributed by atoms with E-state index in [1.54, 1.807) is 0 Å². The highest BCUT2D eigenvalue weighted by Gasteiger charge is 2.45. The van der Waals surface area contributed by atoms with Gasteiger partial charge in [0.15, 0.2) is 5.69 Å². The highest BCUT2D eigenvalue weighted by atomic mass is 35.5. The third-order valence-electron chi connectivity index (χ3n) is 5.39. The van der Waals surface area contributed by atoms with Gasteiger partial charge in [-0.3, -0.25) is 4.79 Å². The van der Waals surface area contributed by atoms with Crippen molar-refractivity contribution >= 4 is 18.3 Å². The molecule has 1 N–H and O–H groups in total. The van der Waals surface area contributed by atoms with Crippen LogP contribution in [-0.4, -0.2) is 52.0 Å². The molecule has 0 aromatic carbocycles. The molecule has 4 rings (SSSR count). The van der Waals surface area contributed by atoms with Gasteiger partial charge >= 0.3 is 0 Å². The number of piperidine rings is 1. The zero-order valence-electron chi connectivity index (χ0n) is 13.6. The van der Waals surface area contributed by atoms with Gasteiger partial charge in [0.1, 0.15) is 0 Å². The Morgan fingerprint density at radius 3 is 2.39 bits per heavy atom. The van der Waals surface area contributed by atoms with Crippen molar-refractivity contribution in [2.45, 2.75) is 50.6 Å². The van der Waals surface area contributed by atoms with Crippen molar-refractivity contribution < 1.29 is 4.79 Å². The van der Waals surface area contributed by atoms with Crippen molar-refractivity contribution in [1.82, 2.24) is 25.2 Å². The summed E-state index contributed by atoms with van der Waals surface area (Å²) in [5.41, 5.74) is 0.507. The quantitative estimate of drug-likeness (QED) is 0.889. The molecule has 7 heteroatoms. The minimum absolute atomic E-state index is 0. The molecule has 0 atom stereocenters. The van der Waals surface area contributed by atoms with Crippen LogP contribution in [0.2, 0.25) is 0 Å². The third kappa shape index (κ3) is 3.53.